The minimum atomic E-state index is -3.68. The topological polar surface area (TPSA) is 55.8 Å². The van der Waals surface area contributed by atoms with Crippen molar-refractivity contribution >= 4 is 15.6 Å². The van der Waals surface area contributed by atoms with Gasteiger partial charge in [0.05, 0.1) is 31.3 Å². The van der Waals surface area contributed by atoms with E-state index in [-0.39, 0.29) is 12.6 Å². The molecule has 1 aliphatic heterocycles. The van der Waals surface area contributed by atoms with E-state index in [0.717, 1.165) is 28.0 Å². The average molecular weight is 450 g/mol. The van der Waals surface area contributed by atoms with E-state index >= 15 is 0 Å². The maximum atomic E-state index is 13.5. The first-order chi connectivity index (χ1) is 15.5. The van der Waals surface area contributed by atoms with Gasteiger partial charge in [-0.25, -0.2) is 8.42 Å². The molecule has 166 valence electrons. The molecule has 0 unspecified atom stereocenters. The Balaban J connectivity index is 1.58. The van der Waals surface area contributed by atoms with Crippen LogP contribution in [0, 0.1) is 6.92 Å². The van der Waals surface area contributed by atoms with Gasteiger partial charge in [0.2, 0.25) is 10.0 Å². The minimum absolute atomic E-state index is 0.277. The number of benzene rings is 3. The molecule has 0 spiro atoms. The molecule has 0 radical (unpaired) electrons. The molecule has 32 heavy (non-hydrogen) atoms. The van der Waals surface area contributed by atoms with Gasteiger partial charge in [0.1, 0.15) is 5.75 Å². The number of hydrogen-bond donors (Lipinski definition) is 0. The lowest BCUT2D eigenvalue weighted by Crippen LogP contribution is -2.39. The van der Waals surface area contributed by atoms with Crippen LogP contribution in [0.15, 0.2) is 89.8 Å². The van der Waals surface area contributed by atoms with E-state index in [1.54, 1.807) is 19.2 Å². The molecule has 4 rings (SSSR count). The molecule has 1 atom stereocenters. The van der Waals surface area contributed by atoms with Crippen molar-refractivity contribution in [3.63, 3.8) is 0 Å². The molecule has 6 heteroatoms. The molecule has 0 N–H and O–H groups in total. The van der Waals surface area contributed by atoms with Crippen molar-refractivity contribution in [3.05, 3.63) is 102 Å². The van der Waals surface area contributed by atoms with E-state index < -0.39 is 10.0 Å². The molecule has 3 aromatic rings. The second-order valence-electron chi connectivity index (χ2n) is 7.85. The van der Waals surface area contributed by atoms with Gasteiger partial charge in [-0.15, -0.1) is 0 Å². The summed E-state index contributed by atoms with van der Waals surface area (Å²) in [6, 6.07) is 24.1. The Morgan fingerprint density at radius 3 is 2.28 bits per heavy atom. The smallest absolute Gasteiger partial charge is 0.243 e. The molecule has 5 nitrogen and oxygen atoms in total. The molecule has 0 fully saturated rings. The predicted molar refractivity (Wildman–Crippen MR) is 126 cm³/mol. The van der Waals surface area contributed by atoms with Gasteiger partial charge in [0, 0.05) is 6.54 Å². The Labute approximate surface area is 190 Å². The Kier molecular flexibility index (Phi) is 6.74. The molecule has 0 aromatic heterocycles. The molecule has 0 amide bonds. The summed E-state index contributed by atoms with van der Waals surface area (Å²) < 4.78 is 39.7. The maximum Gasteiger partial charge on any atom is 0.243 e. The monoisotopic (exact) mass is 449 g/mol. The first-order valence-corrected chi connectivity index (χ1v) is 12.0. The molecular formula is C26H27NO4S. The molecular weight excluding hydrogens is 422 g/mol. The standard InChI is InChI=1S/C26H27NO4S/c1-20-8-14-26(15-9-20)32(28,29)27-17-23(22-10-12-25(30-2)13-11-22)16-24(27)19-31-18-21-6-4-3-5-7-21/h3-16,24H,17-19H2,1-2H3/t24-/m0/s1. The van der Waals surface area contributed by atoms with Crippen LogP contribution in [0.4, 0.5) is 0 Å². The van der Waals surface area contributed by atoms with E-state index in [0.29, 0.717) is 18.0 Å². The molecule has 0 bridgehead atoms. The van der Waals surface area contributed by atoms with E-state index in [9.17, 15) is 8.42 Å². The normalized spacial score (nSPS) is 16.7. The van der Waals surface area contributed by atoms with E-state index in [1.165, 1.54) is 4.31 Å². The highest BCUT2D eigenvalue weighted by molar-refractivity contribution is 7.89. The summed E-state index contributed by atoms with van der Waals surface area (Å²) in [7, 11) is -2.05. The zero-order chi connectivity index (χ0) is 22.6. The first kappa shape index (κ1) is 22.3. The van der Waals surface area contributed by atoms with Gasteiger partial charge in [-0.2, -0.15) is 4.31 Å². The van der Waals surface area contributed by atoms with Gasteiger partial charge in [-0.1, -0.05) is 66.2 Å². The Bertz CT molecular complexity index is 1170. The highest BCUT2D eigenvalue weighted by atomic mass is 32.2. The molecule has 0 saturated carbocycles. The summed E-state index contributed by atoms with van der Waals surface area (Å²) in [5.74, 6) is 0.763. The van der Waals surface area contributed by atoms with Crippen molar-refractivity contribution in [3.8, 4) is 5.75 Å². The number of methoxy groups -OCH3 is 1. The molecule has 0 saturated heterocycles. The summed E-state index contributed by atoms with van der Waals surface area (Å²) in [5, 5.41) is 0. The van der Waals surface area contributed by atoms with Gasteiger partial charge in [0.25, 0.3) is 0 Å². The van der Waals surface area contributed by atoms with Crippen molar-refractivity contribution in [2.24, 2.45) is 0 Å². The largest absolute Gasteiger partial charge is 0.497 e. The van der Waals surface area contributed by atoms with E-state index in [4.69, 9.17) is 9.47 Å². The average Bonchev–Trinajstić information content (AvgIpc) is 3.25. The van der Waals surface area contributed by atoms with Gasteiger partial charge in [0.15, 0.2) is 0 Å². The maximum absolute atomic E-state index is 13.5. The fourth-order valence-corrected chi connectivity index (χ4v) is 5.30. The van der Waals surface area contributed by atoms with Crippen molar-refractivity contribution in [2.75, 3.05) is 20.3 Å². The third-order valence-electron chi connectivity index (χ3n) is 5.58. The first-order valence-electron chi connectivity index (χ1n) is 10.5. The molecule has 0 aliphatic carbocycles. The van der Waals surface area contributed by atoms with Crippen LogP contribution in [0.25, 0.3) is 5.57 Å². The summed E-state index contributed by atoms with van der Waals surface area (Å²) in [5.41, 5.74) is 4.00. The fraction of sp³-hybridized carbons (Fsp3) is 0.231. The Morgan fingerprint density at radius 1 is 0.938 bits per heavy atom. The van der Waals surface area contributed by atoms with Crippen molar-refractivity contribution in [1.82, 2.24) is 4.31 Å². The van der Waals surface area contributed by atoms with Crippen LogP contribution in [0.2, 0.25) is 0 Å². The Hall–Kier alpha value is -2.93. The second-order valence-corrected chi connectivity index (χ2v) is 9.74. The zero-order valence-electron chi connectivity index (χ0n) is 18.3. The number of sulfonamides is 1. The number of rotatable bonds is 8. The van der Waals surface area contributed by atoms with E-state index in [1.807, 2.05) is 79.7 Å². The lowest BCUT2D eigenvalue weighted by Gasteiger charge is -2.24. The lowest BCUT2D eigenvalue weighted by atomic mass is 10.1. The number of nitrogens with zero attached hydrogens (tertiary/aromatic N) is 1. The molecule has 3 aromatic carbocycles. The Morgan fingerprint density at radius 2 is 1.62 bits per heavy atom. The van der Waals surface area contributed by atoms with Crippen LogP contribution in [-0.4, -0.2) is 39.0 Å². The fourth-order valence-electron chi connectivity index (χ4n) is 3.76. The molecule has 1 heterocycles. The van der Waals surface area contributed by atoms with Crippen molar-refractivity contribution in [2.45, 2.75) is 24.5 Å². The quantitative estimate of drug-likeness (QED) is 0.501. The van der Waals surface area contributed by atoms with Crippen LogP contribution in [0.5, 0.6) is 5.75 Å². The van der Waals surface area contributed by atoms with Gasteiger partial charge < -0.3 is 9.47 Å². The molecule has 1 aliphatic rings. The SMILES string of the molecule is COc1ccc(C2=C[C@@H](COCc3ccccc3)N(S(=O)(=O)c3ccc(C)cc3)C2)cc1. The number of aryl methyl sites for hydroxylation is 1. The zero-order valence-corrected chi connectivity index (χ0v) is 19.1. The summed E-state index contributed by atoms with van der Waals surface area (Å²) in [4.78, 5) is 0.292. The highest BCUT2D eigenvalue weighted by Crippen LogP contribution is 2.31. The van der Waals surface area contributed by atoms with Gasteiger partial charge >= 0.3 is 0 Å². The lowest BCUT2D eigenvalue weighted by molar-refractivity contribution is 0.0961. The van der Waals surface area contributed by atoms with Crippen LogP contribution in [0.3, 0.4) is 0 Å². The summed E-state index contributed by atoms with van der Waals surface area (Å²) in [6.45, 7) is 2.94. The number of hydrogen-bond acceptors (Lipinski definition) is 4. The van der Waals surface area contributed by atoms with Crippen LogP contribution in [-0.2, 0) is 21.4 Å². The van der Waals surface area contributed by atoms with Gasteiger partial charge in [-0.05, 0) is 47.9 Å². The number of ether oxygens (including phenoxy) is 2. The third-order valence-corrected chi connectivity index (χ3v) is 7.46. The van der Waals surface area contributed by atoms with Gasteiger partial charge in [-0.3, -0.25) is 0 Å². The van der Waals surface area contributed by atoms with Crippen LogP contribution < -0.4 is 4.74 Å². The second kappa shape index (κ2) is 9.69. The summed E-state index contributed by atoms with van der Waals surface area (Å²) in [6.07, 6.45) is 2.00. The minimum Gasteiger partial charge on any atom is -0.497 e. The van der Waals surface area contributed by atoms with Crippen molar-refractivity contribution in [1.29, 1.82) is 0 Å². The third kappa shape index (κ3) is 4.93. The van der Waals surface area contributed by atoms with Crippen LogP contribution in [0.1, 0.15) is 16.7 Å². The predicted octanol–water partition coefficient (Wildman–Crippen LogP) is 4.68. The van der Waals surface area contributed by atoms with Crippen molar-refractivity contribution < 1.29 is 17.9 Å². The summed E-state index contributed by atoms with van der Waals surface area (Å²) >= 11 is 0. The van der Waals surface area contributed by atoms with Crippen LogP contribution >= 0.6 is 0 Å². The van der Waals surface area contributed by atoms with E-state index in [2.05, 4.69) is 0 Å². The highest BCUT2D eigenvalue weighted by Gasteiger charge is 2.36.